The fourth-order valence-corrected chi connectivity index (χ4v) is 4.09. The SMILES string of the molecule is Cc1cn([C@@H]2OC(COCc3ccccc3)(C(=O)O)[C@H](OCc3ccccc3)C2N)c(=O)[nH]c1=O. The van der Waals surface area contributed by atoms with Crippen molar-refractivity contribution in [2.45, 2.75) is 44.1 Å². The second-order valence-electron chi connectivity index (χ2n) is 8.45. The fraction of sp³-hybridized carbons (Fsp3) is 0.320. The summed E-state index contributed by atoms with van der Waals surface area (Å²) < 4.78 is 18.9. The Kier molecular flexibility index (Phi) is 7.27. The first-order chi connectivity index (χ1) is 16.8. The predicted octanol–water partition coefficient (Wildman–Crippen LogP) is 1.33. The van der Waals surface area contributed by atoms with Gasteiger partial charge in [-0.15, -0.1) is 0 Å². The number of rotatable bonds is 9. The number of nitrogens with two attached hydrogens (primary N) is 1. The monoisotopic (exact) mass is 481 g/mol. The van der Waals surface area contributed by atoms with Crippen LogP contribution in [0, 0.1) is 6.92 Å². The molecule has 3 aromatic rings. The van der Waals surface area contributed by atoms with Crippen molar-refractivity contribution in [2.24, 2.45) is 5.73 Å². The van der Waals surface area contributed by atoms with Crippen molar-refractivity contribution in [3.8, 4) is 0 Å². The quantitative estimate of drug-likeness (QED) is 0.415. The largest absolute Gasteiger partial charge is 0.479 e. The predicted molar refractivity (Wildman–Crippen MR) is 126 cm³/mol. The van der Waals surface area contributed by atoms with Crippen molar-refractivity contribution >= 4 is 5.97 Å². The number of hydrogen-bond donors (Lipinski definition) is 3. The average Bonchev–Trinajstić information content (AvgIpc) is 3.13. The fourth-order valence-electron chi connectivity index (χ4n) is 4.09. The van der Waals surface area contributed by atoms with Crippen molar-refractivity contribution in [1.29, 1.82) is 0 Å². The van der Waals surface area contributed by atoms with Crippen molar-refractivity contribution < 1.29 is 24.1 Å². The van der Waals surface area contributed by atoms with E-state index in [1.54, 1.807) is 0 Å². The maximum Gasteiger partial charge on any atom is 0.341 e. The molecule has 10 heteroatoms. The maximum atomic E-state index is 12.6. The molecule has 1 aliphatic heterocycles. The molecule has 184 valence electrons. The van der Waals surface area contributed by atoms with E-state index in [2.05, 4.69) is 4.98 Å². The smallest absolute Gasteiger partial charge is 0.341 e. The highest BCUT2D eigenvalue weighted by Crippen LogP contribution is 2.39. The third-order valence-electron chi connectivity index (χ3n) is 5.95. The number of carbonyl (C=O) groups is 1. The van der Waals surface area contributed by atoms with Gasteiger partial charge in [0.25, 0.3) is 5.56 Å². The number of benzene rings is 2. The summed E-state index contributed by atoms with van der Waals surface area (Å²) in [4.78, 5) is 39.2. The van der Waals surface area contributed by atoms with Crippen LogP contribution in [0.3, 0.4) is 0 Å². The third-order valence-corrected chi connectivity index (χ3v) is 5.95. The molecule has 4 rings (SSSR count). The lowest BCUT2D eigenvalue weighted by Crippen LogP contribution is -2.56. The van der Waals surface area contributed by atoms with Gasteiger partial charge in [-0.3, -0.25) is 14.3 Å². The van der Waals surface area contributed by atoms with E-state index >= 15 is 0 Å². The normalized spacial score (nSPS) is 23.9. The summed E-state index contributed by atoms with van der Waals surface area (Å²) in [7, 11) is 0. The minimum Gasteiger partial charge on any atom is -0.479 e. The van der Waals surface area contributed by atoms with E-state index < -0.39 is 41.2 Å². The Labute approximate surface area is 200 Å². The zero-order chi connectivity index (χ0) is 25.0. The number of aliphatic carboxylic acids is 1. The van der Waals surface area contributed by atoms with Crippen LogP contribution in [0.15, 0.2) is 76.4 Å². The van der Waals surface area contributed by atoms with Gasteiger partial charge in [-0.2, -0.15) is 0 Å². The van der Waals surface area contributed by atoms with Gasteiger partial charge in [0.15, 0.2) is 6.23 Å². The number of ether oxygens (including phenoxy) is 3. The number of H-pyrrole nitrogens is 1. The van der Waals surface area contributed by atoms with Crippen LogP contribution < -0.4 is 17.0 Å². The number of aromatic nitrogens is 2. The van der Waals surface area contributed by atoms with Gasteiger partial charge < -0.3 is 25.1 Å². The Bertz CT molecular complexity index is 1280. The Morgan fingerprint density at radius 1 is 1.09 bits per heavy atom. The van der Waals surface area contributed by atoms with Crippen molar-refractivity contribution in [3.05, 3.63) is 104 Å². The molecule has 0 amide bonds. The Balaban J connectivity index is 1.66. The number of aryl methyl sites for hydroxylation is 1. The lowest BCUT2D eigenvalue weighted by Gasteiger charge is -2.30. The highest BCUT2D eigenvalue weighted by molar-refractivity contribution is 5.79. The van der Waals surface area contributed by atoms with Crippen LogP contribution in [0.5, 0.6) is 0 Å². The van der Waals surface area contributed by atoms with Crippen LogP contribution in [0.2, 0.25) is 0 Å². The Morgan fingerprint density at radius 2 is 1.69 bits per heavy atom. The van der Waals surface area contributed by atoms with E-state index in [-0.39, 0.29) is 25.4 Å². The topological polar surface area (TPSA) is 146 Å². The molecule has 0 bridgehead atoms. The molecule has 2 aromatic carbocycles. The van der Waals surface area contributed by atoms with Gasteiger partial charge in [-0.05, 0) is 18.1 Å². The zero-order valence-corrected chi connectivity index (χ0v) is 19.1. The lowest BCUT2D eigenvalue weighted by molar-refractivity contribution is -0.194. The van der Waals surface area contributed by atoms with Gasteiger partial charge in [0.2, 0.25) is 5.60 Å². The number of hydrogen-bond acceptors (Lipinski definition) is 7. The molecule has 0 aliphatic carbocycles. The van der Waals surface area contributed by atoms with Gasteiger partial charge in [0, 0.05) is 11.8 Å². The van der Waals surface area contributed by atoms with Crippen LogP contribution >= 0.6 is 0 Å². The number of nitrogens with one attached hydrogen (secondary N) is 1. The van der Waals surface area contributed by atoms with Crippen LogP contribution in [-0.4, -0.2) is 45.0 Å². The zero-order valence-electron chi connectivity index (χ0n) is 19.1. The second-order valence-corrected chi connectivity index (χ2v) is 8.45. The lowest BCUT2D eigenvalue weighted by atomic mass is 9.94. The first-order valence-electron chi connectivity index (χ1n) is 11.1. The third kappa shape index (κ3) is 5.10. The molecule has 4 atom stereocenters. The number of nitrogens with zero attached hydrogens (tertiary/aromatic N) is 1. The van der Waals surface area contributed by atoms with E-state index in [9.17, 15) is 19.5 Å². The molecule has 2 unspecified atom stereocenters. The minimum atomic E-state index is -2.00. The minimum absolute atomic E-state index is 0.0720. The molecular formula is C25H27N3O7. The molecule has 1 aliphatic rings. The summed E-state index contributed by atoms with van der Waals surface area (Å²) in [6.07, 6.45) is -1.08. The molecule has 1 fully saturated rings. The first kappa shape index (κ1) is 24.6. The van der Waals surface area contributed by atoms with Gasteiger partial charge in [-0.25, -0.2) is 9.59 Å². The first-order valence-corrected chi connectivity index (χ1v) is 11.1. The van der Waals surface area contributed by atoms with Crippen LogP contribution in [-0.2, 0) is 32.2 Å². The second kappa shape index (κ2) is 10.4. The average molecular weight is 482 g/mol. The highest BCUT2D eigenvalue weighted by atomic mass is 16.6. The summed E-state index contributed by atoms with van der Waals surface area (Å²) in [6, 6.07) is 17.4. The maximum absolute atomic E-state index is 12.6. The van der Waals surface area contributed by atoms with Crippen LogP contribution in [0.4, 0.5) is 0 Å². The molecule has 1 saturated heterocycles. The molecule has 10 nitrogen and oxygen atoms in total. The van der Waals surface area contributed by atoms with Gasteiger partial charge in [-0.1, -0.05) is 60.7 Å². The molecule has 0 radical (unpaired) electrons. The van der Waals surface area contributed by atoms with E-state index in [1.165, 1.54) is 13.1 Å². The van der Waals surface area contributed by atoms with E-state index in [4.69, 9.17) is 19.9 Å². The highest BCUT2D eigenvalue weighted by Gasteiger charge is 2.61. The van der Waals surface area contributed by atoms with Gasteiger partial charge >= 0.3 is 11.7 Å². The van der Waals surface area contributed by atoms with Crippen molar-refractivity contribution in [3.63, 3.8) is 0 Å². The summed E-state index contributed by atoms with van der Waals surface area (Å²) in [5.74, 6) is -1.34. The molecule has 2 heterocycles. The van der Waals surface area contributed by atoms with Crippen LogP contribution in [0.25, 0.3) is 0 Å². The summed E-state index contributed by atoms with van der Waals surface area (Å²) in [5, 5.41) is 10.3. The molecule has 0 spiro atoms. The molecule has 0 saturated carbocycles. The molecular weight excluding hydrogens is 454 g/mol. The Morgan fingerprint density at radius 3 is 2.29 bits per heavy atom. The van der Waals surface area contributed by atoms with E-state index in [0.29, 0.717) is 0 Å². The van der Waals surface area contributed by atoms with Crippen molar-refractivity contribution in [1.82, 2.24) is 9.55 Å². The Hall–Kier alpha value is -3.57. The van der Waals surface area contributed by atoms with Crippen molar-refractivity contribution in [2.75, 3.05) is 6.61 Å². The molecule has 4 N–H and O–H groups in total. The van der Waals surface area contributed by atoms with Crippen LogP contribution in [0.1, 0.15) is 22.9 Å². The summed E-state index contributed by atoms with van der Waals surface area (Å²) in [6.45, 7) is 1.36. The molecule has 35 heavy (non-hydrogen) atoms. The van der Waals surface area contributed by atoms with Gasteiger partial charge in [0.1, 0.15) is 6.10 Å². The summed E-state index contributed by atoms with van der Waals surface area (Å²) in [5.41, 5.74) is 5.03. The number of carboxylic acid groups (broad SMARTS) is 1. The number of carboxylic acids is 1. The standard InChI is InChI=1S/C25H27N3O7/c1-16-12-28(24(32)27-21(16)29)22-19(26)20(34-14-18-10-6-3-7-11-18)25(35-22,23(30)31)15-33-13-17-8-4-2-5-9-17/h2-12,19-20,22H,13-15,26H2,1H3,(H,30,31)(H,27,29,32)/t19?,20-,22-,25?/m1/s1. The van der Waals surface area contributed by atoms with Gasteiger partial charge in [0.05, 0.1) is 25.9 Å². The van der Waals surface area contributed by atoms with E-state index in [0.717, 1.165) is 15.7 Å². The number of aromatic amines is 1. The molecule has 1 aromatic heterocycles. The summed E-state index contributed by atoms with van der Waals surface area (Å²) >= 11 is 0. The van der Waals surface area contributed by atoms with E-state index in [1.807, 2.05) is 60.7 Å².